The van der Waals surface area contributed by atoms with E-state index in [9.17, 15) is 0 Å². The van der Waals surface area contributed by atoms with Crippen LogP contribution in [0.15, 0.2) is 42.5 Å². The Hall–Kier alpha value is -1.45. The molecular formula is C16H17Cl2N3. The molecule has 0 N–H and O–H groups in total. The normalized spacial score (nSPS) is 15.3. The number of hydrogen-bond donors (Lipinski definition) is 0. The smallest absolute Gasteiger partial charge is 0.128 e. The van der Waals surface area contributed by atoms with Crippen LogP contribution >= 0.6 is 23.2 Å². The van der Waals surface area contributed by atoms with Gasteiger partial charge in [-0.25, -0.2) is 4.98 Å². The molecule has 0 amide bonds. The van der Waals surface area contributed by atoms with Gasteiger partial charge in [0.1, 0.15) is 5.82 Å². The molecule has 21 heavy (non-hydrogen) atoms. The molecule has 2 aromatic rings. The van der Waals surface area contributed by atoms with E-state index in [1.165, 1.54) is 5.69 Å². The second kappa shape index (κ2) is 6.54. The van der Waals surface area contributed by atoms with Crippen molar-refractivity contribution < 1.29 is 0 Å². The Morgan fingerprint density at radius 3 is 2.24 bits per heavy atom. The average Bonchev–Trinajstić information content (AvgIpc) is 2.56. The van der Waals surface area contributed by atoms with Gasteiger partial charge in [-0.05, 0) is 36.4 Å². The number of alkyl halides is 1. The lowest BCUT2D eigenvalue weighted by Gasteiger charge is -2.36. The second-order valence-electron chi connectivity index (χ2n) is 5.07. The van der Waals surface area contributed by atoms with Crippen molar-refractivity contribution in [2.45, 2.75) is 5.88 Å². The van der Waals surface area contributed by atoms with Gasteiger partial charge in [-0.3, -0.25) is 0 Å². The Kier molecular flexibility index (Phi) is 4.51. The topological polar surface area (TPSA) is 19.4 Å². The van der Waals surface area contributed by atoms with Crippen LogP contribution in [0.2, 0.25) is 5.02 Å². The summed E-state index contributed by atoms with van der Waals surface area (Å²) in [5.74, 6) is 1.47. The molecule has 1 aromatic carbocycles. The summed E-state index contributed by atoms with van der Waals surface area (Å²) < 4.78 is 0. The fraction of sp³-hybridized carbons (Fsp3) is 0.312. The van der Waals surface area contributed by atoms with Gasteiger partial charge in [-0.15, -0.1) is 11.6 Å². The molecule has 2 heterocycles. The monoisotopic (exact) mass is 321 g/mol. The largest absolute Gasteiger partial charge is 0.368 e. The Morgan fingerprint density at radius 1 is 0.905 bits per heavy atom. The van der Waals surface area contributed by atoms with Crippen LogP contribution in [-0.4, -0.2) is 31.2 Å². The van der Waals surface area contributed by atoms with Gasteiger partial charge in [0.2, 0.25) is 0 Å². The maximum Gasteiger partial charge on any atom is 0.128 e. The highest BCUT2D eigenvalue weighted by Gasteiger charge is 2.18. The van der Waals surface area contributed by atoms with E-state index in [2.05, 4.69) is 26.9 Å². The lowest BCUT2D eigenvalue weighted by molar-refractivity contribution is 0.647. The van der Waals surface area contributed by atoms with Crippen molar-refractivity contribution in [2.75, 3.05) is 36.0 Å². The first kappa shape index (κ1) is 14.5. The van der Waals surface area contributed by atoms with E-state index in [-0.39, 0.29) is 0 Å². The maximum absolute atomic E-state index is 5.94. The van der Waals surface area contributed by atoms with Gasteiger partial charge >= 0.3 is 0 Å². The molecule has 110 valence electrons. The summed E-state index contributed by atoms with van der Waals surface area (Å²) in [7, 11) is 0. The Balaban J connectivity index is 1.65. The number of halogens is 2. The molecule has 1 aromatic heterocycles. The van der Waals surface area contributed by atoms with Crippen LogP contribution in [0.5, 0.6) is 0 Å². The van der Waals surface area contributed by atoms with Gasteiger partial charge in [0, 0.05) is 36.9 Å². The molecule has 1 saturated heterocycles. The van der Waals surface area contributed by atoms with Crippen molar-refractivity contribution in [3.8, 4) is 0 Å². The summed E-state index contributed by atoms with van der Waals surface area (Å²) in [6.07, 6.45) is 0. The van der Waals surface area contributed by atoms with E-state index in [0.717, 1.165) is 42.7 Å². The maximum atomic E-state index is 5.94. The predicted molar refractivity (Wildman–Crippen MR) is 89.7 cm³/mol. The van der Waals surface area contributed by atoms with E-state index in [4.69, 9.17) is 23.2 Å². The molecule has 0 atom stereocenters. The Labute approximate surface area is 135 Å². The minimum Gasteiger partial charge on any atom is -0.368 e. The zero-order chi connectivity index (χ0) is 14.7. The van der Waals surface area contributed by atoms with E-state index < -0.39 is 0 Å². The Bertz CT molecular complexity index is 593. The van der Waals surface area contributed by atoms with Gasteiger partial charge in [-0.2, -0.15) is 0 Å². The third-order valence-corrected chi connectivity index (χ3v) is 4.25. The summed E-state index contributed by atoms with van der Waals surface area (Å²) in [6.45, 7) is 3.88. The fourth-order valence-electron chi connectivity index (χ4n) is 2.56. The summed E-state index contributed by atoms with van der Waals surface area (Å²) in [5, 5.41) is 0.777. The third kappa shape index (κ3) is 3.42. The van der Waals surface area contributed by atoms with Crippen LogP contribution < -0.4 is 9.80 Å². The van der Waals surface area contributed by atoms with Crippen LogP contribution in [0.25, 0.3) is 0 Å². The lowest BCUT2D eigenvalue weighted by Crippen LogP contribution is -2.46. The van der Waals surface area contributed by atoms with Crippen LogP contribution in [0.3, 0.4) is 0 Å². The molecule has 0 aliphatic carbocycles. The quantitative estimate of drug-likeness (QED) is 0.801. The molecule has 1 aliphatic rings. The number of hydrogen-bond acceptors (Lipinski definition) is 3. The minimum absolute atomic E-state index is 0.457. The highest BCUT2D eigenvalue weighted by atomic mass is 35.5. The molecule has 0 spiro atoms. The van der Waals surface area contributed by atoms with Crippen molar-refractivity contribution >= 4 is 34.7 Å². The van der Waals surface area contributed by atoms with Gasteiger partial charge in [-0.1, -0.05) is 17.7 Å². The number of rotatable bonds is 3. The number of aromatic nitrogens is 1. The van der Waals surface area contributed by atoms with Crippen LogP contribution in [0.1, 0.15) is 5.69 Å². The lowest BCUT2D eigenvalue weighted by atomic mass is 10.2. The predicted octanol–water partition coefficient (Wildman–Crippen LogP) is 3.80. The van der Waals surface area contributed by atoms with Gasteiger partial charge in [0.25, 0.3) is 0 Å². The number of piperazine rings is 1. The van der Waals surface area contributed by atoms with Gasteiger partial charge < -0.3 is 9.80 Å². The number of anilines is 2. The molecule has 5 heteroatoms. The Morgan fingerprint density at radius 2 is 1.57 bits per heavy atom. The van der Waals surface area contributed by atoms with Crippen LogP contribution in [0, 0.1) is 0 Å². The summed E-state index contributed by atoms with van der Waals surface area (Å²) in [4.78, 5) is 9.26. The van der Waals surface area contributed by atoms with Crippen molar-refractivity contribution in [1.82, 2.24) is 4.98 Å². The van der Waals surface area contributed by atoms with Crippen molar-refractivity contribution in [1.29, 1.82) is 0 Å². The molecule has 3 rings (SSSR count). The minimum atomic E-state index is 0.457. The molecular weight excluding hydrogens is 305 g/mol. The van der Waals surface area contributed by atoms with E-state index in [0.29, 0.717) is 5.88 Å². The first-order valence-corrected chi connectivity index (χ1v) is 7.95. The molecule has 1 aliphatic heterocycles. The second-order valence-corrected chi connectivity index (χ2v) is 5.77. The molecule has 3 nitrogen and oxygen atoms in total. The molecule has 0 bridgehead atoms. The van der Waals surface area contributed by atoms with E-state index >= 15 is 0 Å². The first-order chi connectivity index (χ1) is 10.3. The average molecular weight is 322 g/mol. The van der Waals surface area contributed by atoms with Crippen LogP contribution in [0.4, 0.5) is 11.5 Å². The SMILES string of the molecule is ClCc1cccc(N2CCN(c3ccc(Cl)cc3)CC2)n1. The molecule has 0 radical (unpaired) electrons. The molecule has 1 fully saturated rings. The van der Waals surface area contributed by atoms with E-state index in [1.54, 1.807) is 0 Å². The standard InChI is InChI=1S/C16H17Cl2N3/c17-12-14-2-1-3-16(19-14)21-10-8-20(9-11-21)15-6-4-13(18)5-7-15/h1-7H,8-12H2. The third-order valence-electron chi connectivity index (χ3n) is 3.72. The summed E-state index contributed by atoms with van der Waals surface area (Å²) in [6, 6.07) is 14.1. The van der Waals surface area contributed by atoms with Crippen molar-refractivity contribution in [3.05, 3.63) is 53.2 Å². The summed E-state index contributed by atoms with van der Waals surface area (Å²) >= 11 is 11.8. The highest BCUT2D eigenvalue weighted by Crippen LogP contribution is 2.21. The molecule has 0 saturated carbocycles. The number of benzene rings is 1. The van der Waals surface area contributed by atoms with Gasteiger partial charge in [0.05, 0.1) is 11.6 Å². The van der Waals surface area contributed by atoms with Gasteiger partial charge in [0.15, 0.2) is 0 Å². The van der Waals surface area contributed by atoms with E-state index in [1.807, 2.05) is 30.3 Å². The summed E-state index contributed by atoms with van der Waals surface area (Å²) in [5.41, 5.74) is 2.15. The fourth-order valence-corrected chi connectivity index (χ4v) is 2.84. The van der Waals surface area contributed by atoms with Crippen molar-refractivity contribution in [2.24, 2.45) is 0 Å². The number of pyridine rings is 1. The zero-order valence-corrected chi connectivity index (χ0v) is 13.2. The number of nitrogens with zero attached hydrogens (tertiary/aromatic N) is 3. The van der Waals surface area contributed by atoms with Crippen LogP contribution in [-0.2, 0) is 5.88 Å². The first-order valence-electron chi connectivity index (χ1n) is 7.03. The molecule has 0 unspecified atom stereocenters. The van der Waals surface area contributed by atoms with Crippen molar-refractivity contribution in [3.63, 3.8) is 0 Å². The highest BCUT2D eigenvalue weighted by molar-refractivity contribution is 6.30. The zero-order valence-electron chi connectivity index (χ0n) is 11.7.